The SMILES string of the molecule is NC(=O)CC1CCCCC(=O)NCC(=O)NCCC1. The number of carbonyl (C=O) groups is 3. The van der Waals surface area contributed by atoms with E-state index in [0.29, 0.717) is 19.4 Å². The molecule has 1 aliphatic rings. The van der Waals surface area contributed by atoms with Gasteiger partial charge in [-0.05, 0) is 31.6 Å². The quantitative estimate of drug-likeness (QED) is 0.661. The van der Waals surface area contributed by atoms with Gasteiger partial charge < -0.3 is 16.4 Å². The van der Waals surface area contributed by atoms with Crippen molar-refractivity contribution in [1.29, 1.82) is 0 Å². The molecule has 19 heavy (non-hydrogen) atoms. The third kappa shape index (κ3) is 7.43. The van der Waals surface area contributed by atoms with Gasteiger partial charge in [0.05, 0.1) is 6.54 Å². The van der Waals surface area contributed by atoms with Gasteiger partial charge in [-0.25, -0.2) is 0 Å². The number of carbonyl (C=O) groups excluding carboxylic acids is 3. The molecule has 0 saturated carbocycles. The van der Waals surface area contributed by atoms with E-state index < -0.39 is 0 Å². The molecule has 0 aromatic rings. The molecule has 1 aliphatic heterocycles. The number of primary amides is 1. The zero-order valence-electron chi connectivity index (χ0n) is 11.2. The molecule has 6 nitrogen and oxygen atoms in total. The Balaban J connectivity index is 2.46. The summed E-state index contributed by atoms with van der Waals surface area (Å²) in [5.41, 5.74) is 5.24. The zero-order chi connectivity index (χ0) is 14.1. The third-order valence-electron chi connectivity index (χ3n) is 3.31. The maximum absolute atomic E-state index is 11.4. The maximum Gasteiger partial charge on any atom is 0.239 e. The molecule has 6 heteroatoms. The molecular weight excluding hydrogens is 246 g/mol. The highest BCUT2D eigenvalue weighted by atomic mass is 16.2. The molecule has 1 rings (SSSR count). The van der Waals surface area contributed by atoms with Crippen molar-refractivity contribution in [3.05, 3.63) is 0 Å². The molecule has 0 aromatic carbocycles. The van der Waals surface area contributed by atoms with Gasteiger partial charge in [-0.3, -0.25) is 14.4 Å². The van der Waals surface area contributed by atoms with Crippen molar-refractivity contribution in [2.45, 2.75) is 44.9 Å². The molecule has 0 spiro atoms. The van der Waals surface area contributed by atoms with Crippen LogP contribution in [0, 0.1) is 5.92 Å². The van der Waals surface area contributed by atoms with E-state index in [1.165, 1.54) is 0 Å². The van der Waals surface area contributed by atoms with Crippen LogP contribution in [0.5, 0.6) is 0 Å². The van der Waals surface area contributed by atoms with Crippen molar-refractivity contribution in [3.63, 3.8) is 0 Å². The molecule has 0 aliphatic carbocycles. The smallest absolute Gasteiger partial charge is 0.239 e. The summed E-state index contributed by atoms with van der Waals surface area (Å²) in [7, 11) is 0. The summed E-state index contributed by atoms with van der Waals surface area (Å²) < 4.78 is 0. The second-order valence-electron chi connectivity index (χ2n) is 5.05. The minimum absolute atomic E-state index is 0.0452. The van der Waals surface area contributed by atoms with Gasteiger partial charge in [-0.2, -0.15) is 0 Å². The topological polar surface area (TPSA) is 101 Å². The summed E-state index contributed by atoms with van der Waals surface area (Å²) in [6.07, 6.45) is 5.12. The third-order valence-corrected chi connectivity index (χ3v) is 3.31. The summed E-state index contributed by atoms with van der Waals surface area (Å²) >= 11 is 0. The van der Waals surface area contributed by atoms with Crippen LogP contribution in [-0.2, 0) is 14.4 Å². The van der Waals surface area contributed by atoms with E-state index in [4.69, 9.17) is 5.73 Å². The van der Waals surface area contributed by atoms with Crippen molar-refractivity contribution < 1.29 is 14.4 Å². The largest absolute Gasteiger partial charge is 0.370 e. The Labute approximate surface area is 113 Å². The van der Waals surface area contributed by atoms with E-state index in [2.05, 4.69) is 10.6 Å². The first-order chi connectivity index (χ1) is 9.08. The summed E-state index contributed by atoms with van der Waals surface area (Å²) in [6.45, 7) is 0.619. The van der Waals surface area contributed by atoms with Crippen molar-refractivity contribution in [3.8, 4) is 0 Å². The van der Waals surface area contributed by atoms with Gasteiger partial charge in [-0.1, -0.05) is 6.42 Å². The summed E-state index contributed by atoms with van der Waals surface area (Å²) in [5, 5.41) is 5.33. The molecule has 1 fully saturated rings. The van der Waals surface area contributed by atoms with Crippen LogP contribution in [0.25, 0.3) is 0 Å². The molecule has 0 radical (unpaired) electrons. The van der Waals surface area contributed by atoms with Crippen molar-refractivity contribution in [2.75, 3.05) is 13.1 Å². The lowest BCUT2D eigenvalue weighted by Gasteiger charge is -2.14. The van der Waals surface area contributed by atoms with Gasteiger partial charge in [0, 0.05) is 19.4 Å². The molecule has 1 unspecified atom stereocenters. The van der Waals surface area contributed by atoms with Crippen LogP contribution in [0.4, 0.5) is 0 Å². The number of nitrogens with one attached hydrogen (secondary N) is 2. The Morgan fingerprint density at radius 2 is 1.84 bits per heavy atom. The normalized spacial score (nSPS) is 23.3. The first kappa shape index (κ1) is 15.5. The number of rotatable bonds is 2. The van der Waals surface area contributed by atoms with Gasteiger partial charge in [0.25, 0.3) is 0 Å². The first-order valence-electron chi connectivity index (χ1n) is 6.89. The van der Waals surface area contributed by atoms with Crippen LogP contribution in [0.2, 0.25) is 0 Å². The van der Waals surface area contributed by atoms with E-state index in [-0.39, 0.29) is 30.2 Å². The average Bonchev–Trinajstić information content (AvgIpc) is 2.36. The monoisotopic (exact) mass is 269 g/mol. The van der Waals surface area contributed by atoms with Crippen molar-refractivity contribution >= 4 is 17.7 Å². The highest BCUT2D eigenvalue weighted by molar-refractivity contribution is 5.84. The fraction of sp³-hybridized carbons (Fsp3) is 0.769. The molecule has 3 amide bonds. The minimum atomic E-state index is -0.281. The van der Waals surface area contributed by atoms with Gasteiger partial charge in [0.1, 0.15) is 0 Å². The van der Waals surface area contributed by atoms with Crippen LogP contribution in [-0.4, -0.2) is 30.8 Å². The van der Waals surface area contributed by atoms with Crippen LogP contribution < -0.4 is 16.4 Å². The number of hydrogen-bond donors (Lipinski definition) is 3. The maximum atomic E-state index is 11.4. The van der Waals surface area contributed by atoms with Crippen LogP contribution in [0.15, 0.2) is 0 Å². The number of nitrogens with two attached hydrogens (primary N) is 1. The molecule has 0 aromatic heterocycles. The fourth-order valence-corrected chi connectivity index (χ4v) is 2.30. The lowest BCUT2D eigenvalue weighted by Crippen LogP contribution is -2.37. The predicted molar refractivity (Wildman–Crippen MR) is 71.0 cm³/mol. The molecule has 1 heterocycles. The molecule has 0 bridgehead atoms. The molecule has 4 N–H and O–H groups in total. The number of hydrogen-bond acceptors (Lipinski definition) is 3. The lowest BCUT2D eigenvalue weighted by atomic mass is 9.93. The lowest BCUT2D eigenvalue weighted by molar-refractivity contribution is -0.126. The molecular formula is C13H23N3O3. The summed E-state index contributed by atoms with van der Waals surface area (Å²) in [4.78, 5) is 33.8. The molecule has 1 atom stereocenters. The van der Waals surface area contributed by atoms with E-state index in [9.17, 15) is 14.4 Å². The van der Waals surface area contributed by atoms with Gasteiger partial charge in [0.15, 0.2) is 0 Å². The van der Waals surface area contributed by atoms with E-state index in [1.54, 1.807) is 0 Å². The Morgan fingerprint density at radius 1 is 1.11 bits per heavy atom. The second kappa shape index (κ2) is 8.50. The highest BCUT2D eigenvalue weighted by Gasteiger charge is 2.13. The van der Waals surface area contributed by atoms with Crippen LogP contribution in [0.3, 0.4) is 0 Å². The molecule has 108 valence electrons. The molecule has 1 saturated heterocycles. The summed E-state index contributed by atoms with van der Waals surface area (Å²) in [6, 6.07) is 0. The van der Waals surface area contributed by atoms with Crippen LogP contribution >= 0.6 is 0 Å². The number of amides is 3. The second-order valence-corrected chi connectivity index (χ2v) is 5.05. The Kier molecular flexibility index (Phi) is 6.92. The van der Waals surface area contributed by atoms with Crippen molar-refractivity contribution in [2.24, 2.45) is 11.7 Å². The Morgan fingerprint density at radius 3 is 2.58 bits per heavy atom. The summed E-state index contributed by atoms with van der Waals surface area (Å²) in [5.74, 6) is -0.283. The van der Waals surface area contributed by atoms with Gasteiger partial charge in [0.2, 0.25) is 17.7 Å². The fourth-order valence-electron chi connectivity index (χ4n) is 2.30. The predicted octanol–water partition coefficient (Wildman–Crippen LogP) is 0.0646. The van der Waals surface area contributed by atoms with E-state index >= 15 is 0 Å². The van der Waals surface area contributed by atoms with Gasteiger partial charge >= 0.3 is 0 Å². The Bertz CT molecular complexity index is 307. The van der Waals surface area contributed by atoms with Crippen molar-refractivity contribution in [1.82, 2.24) is 10.6 Å². The van der Waals surface area contributed by atoms with Crippen LogP contribution in [0.1, 0.15) is 44.9 Å². The van der Waals surface area contributed by atoms with Gasteiger partial charge in [-0.15, -0.1) is 0 Å². The first-order valence-corrected chi connectivity index (χ1v) is 6.89. The van der Waals surface area contributed by atoms with E-state index in [0.717, 1.165) is 32.1 Å². The Hall–Kier alpha value is -1.59. The highest BCUT2D eigenvalue weighted by Crippen LogP contribution is 2.19. The average molecular weight is 269 g/mol. The van der Waals surface area contributed by atoms with E-state index in [1.807, 2.05) is 0 Å². The zero-order valence-corrected chi connectivity index (χ0v) is 11.2. The minimum Gasteiger partial charge on any atom is -0.370 e. The standard InChI is InChI=1S/C13H23N3O3/c14-11(17)8-10-4-1-2-6-12(18)16-9-13(19)15-7-3-5-10/h10H,1-9H2,(H2,14,17)(H,15,19)(H,16,18).